The summed E-state index contributed by atoms with van der Waals surface area (Å²) in [6.45, 7) is 7.99. The van der Waals surface area contributed by atoms with Crippen molar-refractivity contribution in [2.24, 2.45) is 0 Å². The number of amides is 1. The van der Waals surface area contributed by atoms with Gasteiger partial charge in [0.05, 0.1) is 6.61 Å². The highest BCUT2D eigenvalue weighted by Crippen LogP contribution is 2.34. The summed E-state index contributed by atoms with van der Waals surface area (Å²) >= 11 is 0. The molecule has 1 rings (SSSR count). The second kappa shape index (κ2) is 14.3. The molecule has 1 unspecified atom stereocenters. The first kappa shape index (κ1) is 23.2. The van der Waals surface area contributed by atoms with Crippen LogP contribution in [-0.4, -0.2) is 37.7 Å². The Morgan fingerprint density at radius 1 is 0.962 bits per heavy atom. The van der Waals surface area contributed by atoms with E-state index < -0.39 is 5.79 Å². The van der Waals surface area contributed by atoms with Gasteiger partial charge in [0.1, 0.15) is 12.7 Å². The molecule has 0 aliphatic carbocycles. The van der Waals surface area contributed by atoms with Gasteiger partial charge in [-0.25, -0.2) is 4.79 Å². The van der Waals surface area contributed by atoms with Crippen LogP contribution in [0.3, 0.4) is 0 Å². The second-order valence-electron chi connectivity index (χ2n) is 7.46. The van der Waals surface area contributed by atoms with Crippen molar-refractivity contribution in [1.82, 2.24) is 5.32 Å². The van der Waals surface area contributed by atoms with Gasteiger partial charge in [0.2, 0.25) is 0 Å². The van der Waals surface area contributed by atoms with Gasteiger partial charge in [-0.3, -0.25) is 0 Å². The van der Waals surface area contributed by atoms with Crippen molar-refractivity contribution in [1.29, 1.82) is 0 Å². The molecule has 0 aromatic carbocycles. The van der Waals surface area contributed by atoms with E-state index in [9.17, 15) is 4.79 Å². The molecule has 1 atom stereocenters. The zero-order chi connectivity index (χ0) is 19.1. The molecule has 1 N–H and O–H groups in total. The number of hydrogen-bond acceptors (Lipinski definition) is 4. The minimum atomic E-state index is -0.464. The molecule has 1 fully saturated rings. The zero-order valence-electron chi connectivity index (χ0n) is 17.3. The lowest BCUT2D eigenvalue weighted by Crippen LogP contribution is -2.33. The van der Waals surface area contributed by atoms with Gasteiger partial charge in [-0.05, 0) is 19.3 Å². The average molecular weight is 372 g/mol. The first-order valence-corrected chi connectivity index (χ1v) is 10.9. The van der Waals surface area contributed by atoms with Gasteiger partial charge >= 0.3 is 6.09 Å². The Bertz CT molecular complexity index is 350. The number of alkyl carbamates (subject to hydrolysis) is 1. The SMILES string of the molecule is CCCCCCC1(CCCCCC)OCC(COC(=O)NCCCC)O1. The maximum absolute atomic E-state index is 11.7. The van der Waals surface area contributed by atoms with Gasteiger partial charge in [0.15, 0.2) is 5.79 Å². The van der Waals surface area contributed by atoms with Crippen LogP contribution in [0.15, 0.2) is 0 Å². The van der Waals surface area contributed by atoms with Crippen LogP contribution in [0.2, 0.25) is 0 Å². The Morgan fingerprint density at radius 3 is 2.15 bits per heavy atom. The summed E-state index contributed by atoms with van der Waals surface area (Å²) in [5.74, 6) is -0.464. The fourth-order valence-electron chi connectivity index (χ4n) is 3.32. The predicted molar refractivity (Wildman–Crippen MR) is 105 cm³/mol. The van der Waals surface area contributed by atoms with Crippen molar-refractivity contribution in [2.75, 3.05) is 19.8 Å². The van der Waals surface area contributed by atoms with Gasteiger partial charge < -0.3 is 19.5 Å². The molecule has 1 saturated heterocycles. The Balaban J connectivity index is 2.38. The van der Waals surface area contributed by atoms with Crippen LogP contribution in [0.4, 0.5) is 4.79 Å². The highest BCUT2D eigenvalue weighted by atomic mass is 16.8. The Hall–Kier alpha value is -0.810. The summed E-state index contributed by atoms with van der Waals surface area (Å²) in [6, 6.07) is 0. The minimum Gasteiger partial charge on any atom is -0.447 e. The number of rotatable bonds is 15. The van der Waals surface area contributed by atoms with Crippen molar-refractivity contribution in [3.8, 4) is 0 Å². The summed E-state index contributed by atoms with van der Waals surface area (Å²) in [5.41, 5.74) is 0. The number of nitrogens with one attached hydrogen (secondary N) is 1. The van der Waals surface area contributed by atoms with Crippen LogP contribution in [-0.2, 0) is 14.2 Å². The molecule has 5 nitrogen and oxygen atoms in total. The summed E-state index contributed by atoms with van der Waals surface area (Å²) in [5, 5.41) is 2.77. The van der Waals surface area contributed by atoms with Crippen LogP contribution in [0.25, 0.3) is 0 Å². The van der Waals surface area contributed by atoms with Crippen molar-refractivity contribution in [3.05, 3.63) is 0 Å². The number of ether oxygens (including phenoxy) is 3. The fourth-order valence-corrected chi connectivity index (χ4v) is 3.32. The van der Waals surface area contributed by atoms with Crippen LogP contribution >= 0.6 is 0 Å². The summed E-state index contributed by atoms with van der Waals surface area (Å²) in [6.07, 6.45) is 13.1. The van der Waals surface area contributed by atoms with E-state index in [0.717, 1.165) is 38.5 Å². The summed E-state index contributed by atoms with van der Waals surface area (Å²) in [7, 11) is 0. The Kier molecular flexibility index (Phi) is 12.8. The number of carbonyl (C=O) groups is 1. The molecular formula is C21H41NO4. The minimum absolute atomic E-state index is 0.149. The lowest BCUT2D eigenvalue weighted by molar-refractivity contribution is -0.182. The third-order valence-corrected chi connectivity index (χ3v) is 4.94. The number of unbranched alkanes of at least 4 members (excludes halogenated alkanes) is 7. The van der Waals surface area contributed by atoms with E-state index in [0.29, 0.717) is 13.2 Å². The van der Waals surface area contributed by atoms with Crippen LogP contribution in [0.1, 0.15) is 97.8 Å². The maximum Gasteiger partial charge on any atom is 0.407 e. The largest absolute Gasteiger partial charge is 0.447 e. The molecule has 1 aliphatic rings. The van der Waals surface area contributed by atoms with E-state index in [1.807, 2.05) is 0 Å². The lowest BCUT2D eigenvalue weighted by atomic mass is 10.00. The van der Waals surface area contributed by atoms with E-state index in [-0.39, 0.29) is 18.8 Å². The molecule has 0 radical (unpaired) electrons. The zero-order valence-corrected chi connectivity index (χ0v) is 17.3. The Labute approximate surface area is 160 Å². The molecular weight excluding hydrogens is 330 g/mol. The number of hydrogen-bond donors (Lipinski definition) is 1. The molecule has 0 spiro atoms. The Morgan fingerprint density at radius 2 is 1.58 bits per heavy atom. The van der Waals surface area contributed by atoms with Crippen molar-refractivity contribution >= 4 is 6.09 Å². The third-order valence-electron chi connectivity index (χ3n) is 4.94. The topological polar surface area (TPSA) is 56.8 Å². The lowest BCUT2D eigenvalue weighted by Gasteiger charge is -2.28. The van der Waals surface area contributed by atoms with Crippen molar-refractivity contribution in [3.63, 3.8) is 0 Å². The first-order chi connectivity index (χ1) is 12.7. The second-order valence-corrected chi connectivity index (χ2v) is 7.46. The van der Waals surface area contributed by atoms with E-state index in [2.05, 4.69) is 26.1 Å². The van der Waals surface area contributed by atoms with E-state index in [4.69, 9.17) is 14.2 Å². The standard InChI is InChI=1S/C21H41NO4/c1-4-7-10-12-14-21(15-13-11-8-5-2)25-18-19(26-21)17-24-20(23)22-16-9-6-3/h19H,4-18H2,1-3H3,(H,22,23). The molecule has 1 aliphatic heterocycles. The molecule has 0 bridgehead atoms. The molecule has 1 heterocycles. The summed E-state index contributed by atoms with van der Waals surface area (Å²) in [4.78, 5) is 11.7. The van der Waals surface area contributed by atoms with Gasteiger partial charge in [-0.1, -0.05) is 65.7 Å². The van der Waals surface area contributed by atoms with Crippen LogP contribution in [0, 0.1) is 0 Å². The fraction of sp³-hybridized carbons (Fsp3) is 0.952. The maximum atomic E-state index is 11.7. The van der Waals surface area contributed by atoms with E-state index in [1.54, 1.807) is 0 Å². The third kappa shape index (κ3) is 9.77. The highest BCUT2D eigenvalue weighted by molar-refractivity contribution is 5.67. The molecule has 154 valence electrons. The molecule has 0 aromatic heterocycles. The highest BCUT2D eigenvalue weighted by Gasteiger charge is 2.40. The first-order valence-electron chi connectivity index (χ1n) is 10.9. The normalized spacial score (nSPS) is 18.8. The molecule has 1 amide bonds. The quantitative estimate of drug-likeness (QED) is 0.383. The smallest absolute Gasteiger partial charge is 0.407 e. The monoisotopic (exact) mass is 371 g/mol. The van der Waals surface area contributed by atoms with Gasteiger partial charge in [0.25, 0.3) is 0 Å². The van der Waals surface area contributed by atoms with Gasteiger partial charge in [0, 0.05) is 19.4 Å². The van der Waals surface area contributed by atoms with Gasteiger partial charge in [-0.15, -0.1) is 0 Å². The molecule has 0 aromatic rings. The van der Waals surface area contributed by atoms with Gasteiger partial charge in [-0.2, -0.15) is 0 Å². The van der Waals surface area contributed by atoms with Crippen molar-refractivity contribution in [2.45, 2.75) is 110 Å². The molecule has 5 heteroatoms. The van der Waals surface area contributed by atoms with E-state index in [1.165, 1.54) is 38.5 Å². The average Bonchev–Trinajstić information content (AvgIpc) is 3.05. The van der Waals surface area contributed by atoms with E-state index >= 15 is 0 Å². The predicted octanol–water partition coefficient (Wildman–Crippen LogP) is 5.57. The summed E-state index contributed by atoms with van der Waals surface area (Å²) < 4.78 is 17.7. The number of carbonyl (C=O) groups excluding carboxylic acids is 1. The van der Waals surface area contributed by atoms with Crippen LogP contribution in [0.5, 0.6) is 0 Å². The molecule has 26 heavy (non-hydrogen) atoms. The van der Waals surface area contributed by atoms with Crippen molar-refractivity contribution < 1.29 is 19.0 Å². The molecule has 0 saturated carbocycles. The van der Waals surface area contributed by atoms with Crippen LogP contribution < -0.4 is 5.32 Å².